The summed E-state index contributed by atoms with van der Waals surface area (Å²) in [6, 6.07) is 5.17. The van der Waals surface area contributed by atoms with Crippen LogP contribution in [0.15, 0.2) is 18.2 Å². The van der Waals surface area contributed by atoms with E-state index in [-0.39, 0.29) is 11.7 Å². The number of aromatic amines is 1. The molecule has 144 valence electrons. The van der Waals surface area contributed by atoms with Crippen LogP contribution in [0.25, 0.3) is 0 Å². The SMILES string of the molecule is COCCOc1cc(NC(=O)c2[nH]c3c(c2C)C(=O)CCC3)ccc1OC. The third kappa shape index (κ3) is 3.98. The Kier molecular flexibility index (Phi) is 5.81. The van der Waals surface area contributed by atoms with Gasteiger partial charge in [-0.2, -0.15) is 0 Å². The number of H-pyrrole nitrogens is 1. The van der Waals surface area contributed by atoms with E-state index >= 15 is 0 Å². The monoisotopic (exact) mass is 372 g/mol. The molecular formula is C20H24N2O5. The van der Waals surface area contributed by atoms with Crippen molar-refractivity contribution in [1.82, 2.24) is 4.98 Å². The molecule has 1 amide bonds. The van der Waals surface area contributed by atoms with Crippen molar-refractivity contribution in [3.8, 4) is 11.5 Å². The van der Waals surface area contributed by atoms with Gasteiger partial charge in [0.1, 0.15) is 12.3 Å². The normalized spacial score (nSPS) is 13.2. The summed E-state index contributed by atoms with van der Waals surface area (Å²) in [5.74, 6) is 0.899. The molecule has 3 rings (SSSR count). The minimum Gasteiger partial charge on any atom is -0.493 e. The van der Waals surface area contributed by atoms with E-state index in [1.807, 2.05) is 0 Å². The second-order valence-corrected chi connectivity index (χ2v) is 6.42. The minimum absolute atomic E-state index is 0.0994. The maximum Gasteiger partial charge on any atom is 0.272 e. The average molecular weight is 372 g/mol. The van der Waals surface area contributed by atoms with Gasteiger partial charge in [0.2, 0.25) is 0 Å². The molecular weight excluding hydrogens is 348 g/mol. The molecule has 0 bridgehead atoms. The fourth-order valence-electron chi connectivity index (χ4n) is 3.30. The number of Topliss-reactive ketones (excluding diaryl/α,β-unsaturated/α-hetero) is 1. The van der Waals surface area contributed by atoms with Gasteiger partial charge in [-0.1, -0.05) is 0 Å². The van der Waals surface area contributed by atoms with E-state index in [4.69, 9.17) is 14.2 Å². The first-order chi connectivity index (χ1) is 13.0. The first-order valence-electron chi connectivity index (χ1n) is 8.91. The summed E-state index contributed by atoms with van der Waals surface area (Å²) >= 11 is 0. The first kappa shape index (κ1) is 19.0. The summed E-state index contributed by atoms with van der Waals surface area (Å²) < 4.78 is 15.9. The number of nitrogens with one attached hydrogen (secondary N) is 2. The molecule has 1 heterocycles. The molecule has 0 unspecified atom stereocenters. The Labute approximate surface area is 158 Å². The summed E-state index contributed by atoms with van der Waals surface area (Å²) in [6.07, 6.45) is 2.14. The van der Waals surface area contributed by atoms with Gasteiger partial charge in [-0.3, -0.25) is 9.59 Å². The van der Waals surface area contributed by atoms with Crippen LogP contribution in [0.1, 0.15) is 44.9 Å². The lowest BCUT2D eigenvalue weighted by Crippen LogP contribution is -2.14. The number of ether oxygens (including phenoxy) is 3. The van der Waals surface area contributed by atoms with E-state index in [0.717, 1.165) is 18.5 Å². The van der Waals surface area contributed by atoms with E-state index in [2.05, 4.69) is 10.3 Å². The van der Waals surface area contributed by atoms with Crippen molar-refractivity contribution in [3.05, 3.63) is 40.7 Å². The molecule has 1 aromatic carbocycles. The zero-order valence-corrected chi connectivity index (χ0v) is 15.8. The van der Waals surface area contributed by atoms with Crippen molar-refractivity contribution in [2.45, 2.75) is 26.2 Å². The highest BCUT2D eigenvalue weighted by Gasteiger charge is 2.26. The topological polar surface area (TPSA) is 89.7 Å². The lowest BCUT2D eigenvalue weighted by molar-refractivity contribution is 0.0971. The molecule has 0 saturated heterocycles. The number of benzene rings is 1. The Hall–Kier alpha value is -2.80. The number of hydrogen-bond acceptors (Lipinski definition) is 5. The van der Waals surface area contributed by atoms with Crippen LogP contribution in [-0.2, 0) is 11.2 Å². The smallest absolute Gasteiger partial charge is 0.272 e. The Morgan fingerprint density at radius 3 is 2.70 bits per heavy atom. The van der Waals surface area contributed by atoms with Crippen molar-refractivity contribution >= 4 is 17.4 Å². The Morgan fingerprint density at radius 2 is 2.00 bits per heavy atom. The lowest BCUT2D eigenvalue weighted by atomic mass is 9.94. The number of fused-ring (bicyclic) bond motifs is 1. The first-order valence-corrected chi connectivity index (χ1v) is 8.91. The number of carbonyl (C=O) groups is 2. The molecule has 27 heavy (non-hydrogen) atoms. The summed E-state index contributed by atoms with van der Waals surface area (Å²) in [7, 11) is 3.15. The third-order valence-corrected chi connectivity index (χ3v) is 4.63. The predicted molar refractivity (Wildman–Crippen MR) is 101 cm³/mol. The van der Waals surface area contributed by atoms with Crippen molar-refractivity contribution < 1.29 is 23.8 Å². The zero-order valence-electron chi connectivity index (χ0n) is 15.8. The van der Waals surface area contributed by atoms with Gasteiger partial charge in [-0.05, 0) is 37.5 Å². The summed E-state index contributed by atoms with van der Waals surface area (Å²) in [5.41, 5.74) is 3.23. The second kappa shape index (κ2) is 8.26. The maximum absolute atomic E-state index is 12.7. The van der Waals surface area contributed by atoms with Gasteiger partial charge in [-0.25, -0.2) is 0 Å². The highest BCUT2D eigenvalue weighted by molar-refractivity contribution is 6.08. The number of amides is 1. The number of aryl methyl sites for hydroxylation is 1. The van der Waals surface area contributed by atoms with Crippen LogP contribution in [0.4, 0.5) is 5.69 Å². The van der Waals surface area contributed by atoms with Crippen LogP contribution in [0, 0.1) is 6.92 Å². The van der Waals surface area contributed by atoms with Gasteiger partial charge in [0.15, 0.2) is 17.3 Å². The Bertz CT molecular complexity index is 856. The highest BCUT2D eigenvalue weighted by Crippen LogP contribution is 2.31. The number of anilines is 1. The molecule has 7 nitrogen and oxygen atoms in total. The summed E-state index contributed by atoms with van der Waals surface area (Å²) in [4.78, 5) is 28.0. The largest absolute Gasteiger partial charge is 0.493 e. The van der Waals surface area contributed by atoms with Crippen LogP contribution >= 0.6 is 0 Å². The standard InChI is InChI=1S/C20H24N2O5/c1-12-18-14(5-4-6-15(18)23)22-19(12)20(24)21-13-7-8-16(26-3)17(11-13)27-10-9-25-2/h7-8,11,22H,4-6,9-10H2,1-3H3,(H,21,24). The van der Waals surface area contributed by atoms with Crippen LogP contribution < -0.4 is 14.8 Å². The number of aromatic nitrogens is 1. The average Bonchev–Trinajstić information content (AvgIpc) is 3.00. The lowest BCUT2D eigenvalue weighted by Gasteiger charge is -2.12. The highest BCUT2D eigenvalue weighted by atomic mass is 16.5. The number of ketones is 1. The molecule has 1 aliphatic rings. The molecule has 7 heteroatoms. The summed E-state index contributed by atoms with van der Waals surface area (Å²) in [5, 5.41) is 2.86. The van der Waals surface area contributed by atoms with Crippen LogP contribution in [-0.4, -0.2) is 44.1 Å². The van der Waals surface area contributed by atoms with E-state index in [0.29, 0.717) is 53.6 Å². The van der Waals surface area contributed by atoms with E-state index in [1.165, 1.54) is 0 Å². The number of rotatable bonds is 7. The molecule has 2 N–H and O–H groups in total. The van der Waals surface area contributed by atoms with Gasteiger partial charge in [0.25, 0.3) is 5.91 Å². The van der Waals surface area contributed by atoms with Gasteiger partial charge in [-0.15, -0.1) is 0 Å². The van der Waals surface area contributed by atoms with E-state index in [1.54, 1.807) is 39.3 Å². The predicted octanol–water partition coefficient (Wildman–Crippen LogP) is 3.13. The molecule has 0 spiro atoms. The van der Waals surface area contributed by atoms with Gasteiger partial charge in [0.05, 0.1) is 13.7 Å². The maximum atomic E-state index is 12.7. The number of methoxy groups -OCH3 is 2. The van der Waals surface area contributed by atoms with E-state index < -0.39 is 0 Å². The fraction of sp³-hybridized carbons (Fsp3) is 0.400. The molecule has 1 aliphatic carbocycles. The number of hydrogen-bond donors (Lipinski definition) is 2. The fourth-order valence-corrected chi connectivity index (χ4v) is 3.30. The molecule has 0 saturated carbocycles. The molecule has 1 aromatic heterocycles. The van der Waals surface area contributed by atoms with Crippen molar-refractivity contribution in [2.75, 3.05) is 32.8 Å². The Morgan fingerprint density at radius 1 is 1.19 bits per heavy atom. The quantitative estimate of drug-likeness (QED) is 0.729. The van der Waals surface area contributed by atoms with Crippen molar-refractivity contribution in [3.63, 3.8) is 0 Å². The van der Waals surface area contributed by atoms with Crippen molar-refractivity contribution in [1.29, 1.82) is 0 Å². The molecule has 0 atom stereocenters. The summed E-state index contributed by atoms with van der Waals surface area (Å²) in [6.45, 7) is 2.62. The van der Waals surface area contributed by atoms with Crippen LogP contribution in [0.3, 0.4) is 0 Å². The van der Waals surface area contributed by atoms with Crippen LogP contribution in [0.2, 0.25) is 0 Å². The minimum atomic E-state index is -0.289. The molecule has 2 aromatic rings. The second-order valence-electron chi connectivity index (χ2n) is 6.42. The van der Waals surface area contributed by atoms with Gasteiger partial charge >= 0.3 is 0 Å². The van der Waals surface area contributed by atoms with E-state index in [9.17, 15) is 9.59 Å². The number of carbonyl (C=O) groups excluding carboxylic acids is 2. The molecule has 0 fully saturated rings. The molecule has 0 aliphatic heterocycles. The Balaban J connectivity index is 1.80. The van der Waals surface area contributed by atoms with Gasteiger partial charge < -0.3 is 24.5 Å². The zero-order chi connectivity index (χ0) is 19.4. The van der Waals surface area contributed by atoms with Crippen LogP contribution in [0.5, 0.6) is 11.5 Å². The van der Waals surface area contributed by atoms with Crippen molar-refractivity contribution in [2.24, 2.45) is 0 Å². The third-order valence-electron chi connectivity index (χ3n) is 4.63. The van der Waals surface area contributed by atoms with Gasteiger partial charge in [0, 0.05) is 36.5 Å². The molecule has 0 radical (unpaired) electrons.